The Labute approximate surface area is 113 Å². The molecule has 1 amide bonds. The number of hydrogen-bond acceptors (Lipinski definition) is 4. The molecule has 2 heterocycles. The van der Waals surface area contributed by atoms with E-state index in [9.17, 15) is 4.79 Å². The lowest BCUT2D eigenvalue weighted by molar-refractivity contribution is 0.0998. The van der Waals surface area contributed by atoms with Crippen molar-refractivity contribution in [3.05, 3.63) is 53.6 Å². The number of nitrogens with one attached hydrogen (secondary N) is 1. The summed E-state index contributed by atoms with van der Waals surface area (Å²) in [7, 11) is 0. The molecule has 6 heteroatoms. The van der Waals surface area contributed by atoms with Crippen LogP contribution in [0.3, 0.4) is 0 Å². The third-order valence-electron chi connectivity index (χ3n) is 2.52. The zero-order valence-corrected chi connectivity index (χ0v) is 10.4. The molecule has 94 valence electrons. The zero-order chi connectivity index (χ0) is 13.2. The fourth-order valence-electron chi connectivity index (χ4n) is 1.67. The Kier molecular flexibility index (Phi) is 2.89. The van der Waals surface area contributed by atoms with Crippen LogP contribution in [0.5, 0.6) is 0 Å². The number of nitrogens with zero attached hydrogens (tertiary/aromatic N) is 2. The molecular formula is C13H8ClN3O2. The predicted molar refractivity (Wildman–Crippen MR) is 71.2 cm³/mol. The molecule has 0 aliphatic carbocycles. The minimum Gasteiger partial charge on any atom is -0.451 e. The number of hydrogen-bond donors (Lipinski definition) is 1. The van der Waals surface area contributed by atoms with E-state index in [0.29, 0.717) is 11.4 Å². The second kappa shape index (κ2) is 4.70. The van der Waals surface area contributed by atoms with Gasteiger partial charge in [0.1, 0.15) is 22.9 Å². The Hall–Kier alpha value is -2.40. The van der Waals surface area contributed by atoms with Gasteiger partial charge in [0, 0.05) is 11.5 Å². The van der Waals surface area contributed by atoms with Crippen molar-refractivity contribution >= 4 is 34.3 Å². The molecule has 0 radical (unpaired) electrons. The van der Waals surface area contributed by atoms with Crippen molar-refractivity contribution in [3.63, 3.8) is 0 Å². The lowest BCUT2D eigenvalue weighted by atomic mass is 10.2. The summed E-state index contributed by atoms with van der Waals surface area (Å²) in [6, 6.07) is 10.5. The van der Waals surface area contributed by atoms with Crippen LogP contribution in [0.25, 0.3) is 11.0 Å². The van der Waals surface area contributed by atoms with Gasteiger partial charge in [0.05, 0.1) is 0 Å². The molecule has 0 spiro atoms. The quantitative estimate of drug-likeness (QED) is 0.728. The molecule has 1 N–H and O–H groups in total. The van der Waals surface area contributed by atoms with Crippen LogP contribution >= 0.6 is 11.6 Å². The third-order valence-corrected chi connectivity index (χ3v) is 2.73. The number of furan rings is 1. The van der Waals surface area contributed by atoms with Crippen LogP contribution in [0, 0.1) is 0 Å². The molecule has 0 fully saturated rings. The number of carbonyl (C=O) groups is 1. The van der Waals surface area contributed by atoms with Crippen LogP contribution in [-0.4, -0.2) is 15.9 Å². The van der Waals surface area contributed by atoms with E-state index in [0.717, 1.165) is 5.39 Å². The summed E-state index contributed by atoms with van der Waals surface area (Å²) in [6.45, 7) is 0. The second-order valence-corrected chi connectivity index (χ2v) is 4.22. The van der Waals surface area contributed by atoms with Crippen molar-refractivity contribution in [2.24, 2.45) is 0 Å². The molecule has 0 unspecified atom stereocenters. The maximum absolute atomic E-state index is 12.0. The monoisotopic (exact) mass is 273 g/mol. The highest BCUT2D eigenvalue weighted by atomic mass is 35.5. The molecule has 0 saturated heterocycles. The first-order valence-electron chi connectivity index (χ1n) is 5.50. The largest absolute Gasteiger partial charge is 0.451 e. The van der Waals surface area contributed by atoms with E-state index in [1.165, 1.54) is 12.4 Å². The summed E-state index contributed by atoms with van der Waals surface area (Å²) in [6.07, 6.45) is 1.27. The minimum absolute atomic E-state index is 0.218. The Balaban J connectivity index is 1.87. The van der Waals surface area contributed by atoms with Gasteiger partial charge in [-0.2, -0.15) is 0 Å². The van der Waals surface area contributed by atoms with E-state index in [2.05, 4.69) is 15.3 Å². The van der Waals surface area contributed by atoms with E-state index in [-0.39, 0.29) is 16.8 Å². The number of para-hydroxylation sites is 1. The van der Waals surface area contributed by atoms with E-state index in [1.807, 2.05) is 18.2 Å². The molecule has 2 aromatic heterocycles. The van der Waals surface area contributed by atoms with Gasteiger partial charge < -0.3 is 9.73 Å². The SMILES string of the molecule is O=C(Nc1cc(Cl)ncn1)c1cc2ccccc2o1. The van der Waals surface area contributed by atoms with Gasteiger partial charge >= 0.3 is 0 Å². The molecule has 0 aliphatic heterocycles. The summed E-state index contributed by atoms with van der Waals surface area (Å²) >= 11 is 5.71. The summed E-state index contributed by atoms with van der Waals surface area (Å²) in [5, 5.41) is 3.72. The Bertz CT molecular complexity index is 721. The van der Waals surface area contributed by atoms with Crippen molar-refractivity contribution in [3.8, 4) is 0 Å². The van der Waals surface area contributed by atoms with Gasteiger partial charge in [-0.25, -0.2) is 9.97 Å². The van der Waals surface area contributed by atoms with E-state index < -0.39 is 0 Å². The van der Waals surface area contributed by atoms with Gasteiger partial charge in [-0.15, -0.1) is 0 Å². The topological polar surface area (TPSA) is 68.0 Å². The first-order valence-corrected chi connectivity index (χ1v) is 5.87. The molecule has 3 aromatic rings. The van der Waals surface area contributed by atoms with Gasteiger partial charge in [-0.05, 0) is 12.1 Å². The zero-order valence-electron chi connectivity index (χ0n) is 9.63. The fraction of sp³-hybridized carbons (Fsp3) is 0. The maximum atomic E-state index is 12.0. The average molecular weight is 274 g/mol. The smallest absolute Gasteiger partial charge is 0.292 e. The molecule has 0 atom stereocenters. The third kappa shape index (κ3) is 2.41. The molecule has 1 aromatic carbocycles. The van der Waals surface area contributed by atoms with Crippen molar-refractivity contribution in [1.82, 2.24) is 9.97 Å². The molecule has 0 bridgehead atoms. The Morgan fingerprint density at radius 1 is 1.21 bits per heavy atom. The number of carbonyl (C=O) groups excluding carboxylic acids is 1. The molecule has 0 saturated carbocycles. The van der Waals surface area contributed by atoms with E-state index >= 15 is 0 Å². The number of benzene rings is 1. The summed E-state index contributed by atoms with van der Waals surface area (Å²) in [5.41, 5.74) is 0.661. The van der Waals surface area contributed by atoms with Crippen molar-refractivity contribution < 1.29 is 9.21 Å². The normalized spacial score (nSPS) is 10.6. The van der Waals surface area contributed by atoms with E-state index in [4.69, 9.17) is 16.0 Å². The minimum atomic E-state index is -0.383. The van der Waals surface area contributed by atoms with Crippen molar-refractivity contribution in [2.45, 2.75) is 0 Å². The maximum Gasteiger partial charge on any atom is 0.292 e. The molecule has 3 rings (SSSR count). The van der Waals surface area contributed by atoms with Gasteiger partial charge in [0.2, 0.25) is 0 Å². The summed E-state index contributed by atoms with van der Waals surface area (Å²) in [5.74, 6) is 0.160. The average Bonchev–Trinajstić information content (AvgIpc) is 2.82. The highest BCUT2D eigenvalue weighted by Crippen LogP contribution is 2.19. The molecule has 5 nitrogen and oxygen atoms in total. The number of aromatic nitrogens is 2. The lowest BCUT2D eigenvalue weighted by Crippen LogP contribution is -2.12. The molecular weight excluding hydrogens is 266 g/mol. The number of amides is 1. The van der Waals surface area contributed by atoms with Crippen LogP contribution in [0.2, 0.25) is 5.15 Å². The fourth-order valence-corrected chi connectivity index (χ4v) is 1.82. The first kappa shape index (κ1) is 11.7. The van der Waals surface area contributed by atoms with Crippen molar-refractivity contribution in [1.29, 1.82) is 0 Å². The number of rotatable bonds is 2. The van der Waals surface area contributed by atoms with Crippen LogP contribution < -0.4 is 5.32 Å². The Morgan fingerprint density at radius 3 is 2.84 bits per heavy atom. The number of anilines is 1. The van der Waals surface area contributed by atoms with Crippen LogP contribution in [-0.2, 0) is 0 Å². The van der Waals surface area contributed by atoms with Crippen LogP contribution in [0.4, 0.5) is 5.82 Å². The first-order chi connectivity index (χ1) is 9.22. The highest BCUT2D eigenvalue weighted by Gasteiger charge is 2.12. The van der Waals surface area contributed by atoms with Gasteiger partial charge in [-0.3, -0.25) is 4.79 Å². The van der Waals surface area contributed by atoms with Crippen LogP contribution in [0.15, 0.2) is 47.1 Å². The molecule has 0 aliphatic rings. The van der Waals surface area contributed by atoms with Gasteiger partial charge in [0.25, 0.3) is 5.91 Å². The Morgan fingerprint density at radius 2 is 2.05 bits per heavy atom. The van der Waals surface area contributed by atoms with Gasteiger partial charge in [-0.1, -0.05) is 29.8 Å². The molecule has 19 heavy (non-hydrogen) atoms. The number of halogens is 1. The van der Waals surface area contributed by atoms with Crippen LogP contribution in [0.1, 0.15) is 10.6 Å². The summed E-state index contributed by atoms with van der Waals surface area (Å²) < 4.78 is 5.44. The lowest BCUT2D eigenvalue weighted by Gasteiger charge is -2.01. The van der Waals surface area contributed by atoms with Gasteiger partial charge in [0.15, 0.2) is 5.76 Å². The predicted octanol–water partition coefficient (Wildman–Crippen LogP) is 3.13. The summed E-state index contributed by atoms with van der Waals surface area (Å²) in [4.78, 5) is 19.6. The standard InChI is InChI=1S/C13H8ClN3O2/c14-11-6-12(16-7-15-11)17-13(18)10-5-8-3-1-2-4-9(8)19-10/h1-7H,(H,15,16,17,18). The van der Waals surface area contributed by atoms with E-state index in [1.54, 1.807) is 12.1 Å². The second-order valence-electron chi connectivity index (χ2n) is 3.83. The highest BCUT2D eigenvalue weighted by molar-refractivity contribution is 6.29. The number of fused-ring (bicyclic) bond motifs is 1. The van der Waals surface area contributed by atoms with Crippen molar-refractivity contribution in [2.75, 3.05) is 5.32 Å².